The highest BCUT2D eigenvalue weighted by atomic mass is 16.5. The lowest BCUT2D eigenvalue weighted by Crippen LogP contribution is -2.18. The maximum absolute atomic E-state index is 6.14. The van der Waals surface area contributed by atoms with Gasteiger partial charge in [-0.25, -0.2) is 0 Å². The van der Waals surface area contributed by atoms with Crippen molar-refractivity contribution < 1.29 is 4.74 Å². The van der Waals surface area contributed by atoms with Crippen LogP contribution in [0.2, 0.25) is 0 Å². The topological polar surface area (TPSA) is 35.2 Å². The zero-order valence-electron chi connectivity index (χ0n) is 10.9. The van der Waals surface area contributed by atoms with Crippen LogP contribution in [0.25, 0.3) is 0 Å². The Hall–Kier alpha value is -0.860. The van der Waals surface area contributed by atoms with E-state index >= 15 is 0 Å². The molecule has 2 heteroatoms. The van der Waals surface area contributed by atoms with E-state index in [1.54, 1.807) is 0 Å². The second-order valence-corrected chi connectivity index (χ2v) is 5.33. The Kier molecular flexibility index (Phi) is 4.19. The molecule has 1 aromatic carbocycles. The Balaban J connectivity index is 1.78. The number of hydrogen-bond donors (Lipinski definition) is 1. The normalized spacial score (nSPS) is 17.1. The number of nitrogens with two attached hydrogens (primary N) is 1. The molecule has 1 unspecified atom stereocenters. The van der Waals surface area contributed by atoms with Crippen molar-refractivity contribution in [2.45, 2.75) is 39.2 Å². The summed E-state index contributed by atoms with van der Waals surface area (Å²) in [5, 5.41) is 0. The quantitative estimate of drug-likeness (QED) is 0.766. The molecule has 1 aliphatic rings. The van der Waals surface area contributed by atoms with Gasteiger partial charge in [0.25, 0.3) is 0 Å². The van der Waals surface area contributed by atoms with Crippen LogP contribution in [-0.2, 0) is 4.74 Å². The monoisotopic (exact) mass is 233 g/mol. The van der Waals surface area contributed by atoms with Gasteiger partial charge in [0.2, 0.25) is 0 Å². The zero-order valence-corrected chi connectivity index (χ0v) is 10.9. The van der Waals surface area contributed by atoms with E-state index in [1.165, 1.54) is 36.0 Å². The lowest BCUT2D eigenvalue weighted by Gasteiger charge is -2.14. The van der Waals surface area contributed by atoms with E-state index in [4.69, 9.17) is 10.5 Å². The van der Waals surface area contributed by atoms with E-state index in [1.807, 2.05) is 0 Å². The van der Waals surface area contributed by atoms with Crippen LogP contribution in [0.3, 0.4) is 0 Å². The molecule has 1 aliphatic carbocycles. The summed E-state index contributed by atoms with van der Waals surface area (Å²) >= 11 is 0. The molecule has 0 heterocycles. The van der Waals surface area contributed by atoms with Crippen LogP contribution >= 0.6 is 0 Å². The number of aryl methyl sites for hydroxylation is 2. The summed E-state index contributed by atoms with van der Waals surface area (Å²) in [5.74, 6) is 0.937. The molecule has 0 aliphatic heterocycles. The zero-order chi connectivity index (χ0) is 12.3. The molecule has 2 nitrogen and oxygen atoms in total. The first-order valence-electron chi connectivity index (χ1n) is 6.56. The highest BCUT2D eigenvalue weighted by Gasteiger charge is 2.20. The Morgan fingerprint density at radius 3 is 2.47 bits per heavy atom. The molecule has 1 saturated carbocycles. The predicted octanol–water partition coefficient (Wildman–Crippen LogP) is 3.12. The molecule has 0 bridgehead atoms. The first kappa shape index (κ1) is 12.6. The molecular formula is C15H23NO. The number of hydrogen-bond acceptors (Lipinski definition) is 2. The molecule has 1 atom stereocenters. The van der Waals surface area contributed by atoms with Gasteiger partial charge in [-0.3, -0.25) is 0 Å². The molecule has 1 fully saturated rings. The van der Waals surface area contributed by atoms with E-state index in [2.05, 4.69) is 32.0 Å². The van der Waals surface area contributed by atoms with Crippen LogP contribution in [0.4, 0.5) is 0 Å². The van der Waals surface area contributed by atoms with Crippen molar-refractivity contribution in [1.29, 1.82) is 0 Å². The third-order valence-corrected chi connectivity index (χ3v) is 3.34. The second kappa shape index (κ2) is 5.65. The smallest absolute Gasteiger partial charge is 0.0659 e. The fourth-order valence-corrected chi connectivity index (χ4v) is 2.19. The lowest BCUT2D eigenvalue weighted by molar-refractivity contribution is 0.115. The van der Waals surface area contributed by atoms with Gasteiger partial charge in [0.15, 0.2) is 0 Å². The number of ether oxygens (including phenoxy) is 1. The molecule has 0 amide bonds. The van der Waals surface area contributed by atoms with Crippen molar-refractivity contribution >= 4 is 0 Å². The maximum Gasteiger partial charge on any atom is 0.0659 e. The van der Waals surface area contributed by atoms with E-state index < -0.39 is 0 Å². The first-order valence-corrected chi connectivity index (χ1v) is 6.56. The summed E-state index contributed by atoms with van der Waals surface area (Å²) in [7, 11) is 0. The highest BCUT2D eigenvalue weighted by molar-refractivity contribution is 5.30. The van der Waals surface area contributed by atoms with Crippen molar-refractivity contribution in [2.75, 3.05) is 13.2 Å². The third-order valence-electron chi connectivity index (χ3n) is 3.34. The lowest BCUT2D eigenvalue weighted by atomic mass is 10.0. The molecule has 0 spiro atoms. The average molecular weight is 233 g/mol. The van der Waals surface area contributed by atoms with Gasteiger partial charge in [0, 0.05) is 6.61 Å². The summed E-state index contributed by atoms with van der Waals surface area (Å²) in [6.45, 7) is 5.72. The van der Waals surface area contributed by atoms with Crippen molar-refractivity contribution in [3.63, 3.8) is 0 Å². The summed E-state index contributed by atoms with van der Waals surface area (Å²) in [6, 6.07) is 6.49. The molecule has 2 rings (SSSR count). The van der Waals surface area contributed by atoms with Crippen molar-refractivity contribution in [3.8, 4) is 0 Å². The minimum atomic E-state index is 0.00723. The van der Waals surface area contributed by atoms with E-state index in [0.29, 0.717) is 6.61 Å². The van der Waals surface area contributed by atoms with Gasteiger partial charge < -0.3 is 10.5 Å². The predicted molar refractivity (Wildman–Crippen MR) is 71.0 cm³/mol. The van der Waals surface area contributed by atoms with Crippen molar-refractivity contribution in [1.82, 2.24) is 0 Å². The van der Waals surface area contributed by atoms with Gasteiger partial charge >= 0.3 is 0 Å². The molecular weight excluding hydrogens is 210 g/mol. The summed E-state index contributed by atoms with van der Waals surface area (Å²) in [5.41, 5.74) is 9.87. The summed E-state index contributed by atoms with van der Waals surface area (Å²) in [4.78, 5) is 0. The van der Waals surface area contributed by atoms with Crippen LogP contribution in [0.1, 0.15) is 42.0 Å². The van der Waals surface area contributed by atoms with Crippen LogP contribution in [0.5, 0.6) is 0 Å². The first-order chi connectivity index (χ1) is 8.15. The minimum absolute atomic E-state index is 0.00723. The van der Waals surface area contributed by atoms with Crippen LogP contribution in [0.15, 0.2) is 18.2 Å². The largest absolute Gasteiger partial charge is 0.379 e. The summed E-state index contributed by atoms with van der Waals surface area (Å²) in [6.07, 6.45) is 4.00. The van der Waals surface area contributed by atoms with Crippen LogP contribution < -0.4 is 5.73 Å². The molecule has 0 radical (unpaired) electrons. The maximum atomic E-state index is 6.14. The molecule has 0 saturated heterocycles. The average Bonchev–Trinajstić information content (AvgIpc) is 3.06. The van der Waals surface area contributed by atoms with Gasteiger partial charge in [-0.2, -0.15) is 0 Å². The van der Waals surface area contributed by atoms with E-state index in [9.17, 15) is 0 Å². The van der Waals surface area contributed by atoms with Gasteiger partial charge in [-0.1, -0.05) is 42.2 Å². The Labute approximate surface area is 104 Å². The second-order valence-electron chi connectivity index (χ2n) is 5.33. The van der Waals surface area contributed by atoms with Gasteiger partial charge in [-0.15, -0.1) is 0 Å². The number of rotatable bonds is 6. The Morgan fingerprint density at radius 1 is 1.24 bits per heavy atom. The number of benzene rings is 1. The minimum Gasteiger partial charge on any atom is -0.379 e. The van der Waals surface area contributed by atoms with Gasteiger partial charge in [0.1, 0.15) is 0 Å². The highest BCUT2D eigenvalue weighted by Crippen LogP contribution is 2.32. The molecule has 0 aromatic heterocycles. The van der Waals surface area contributed by atoms with Gasteiger partial charge in [0.05, 0.1) is 12.6 Å². The van der Waals surface area contributed by atoms with Crippen molar-refractivity contribution in [3.05, 3.63) is 34.9 Å². The molecule has 17 heavy (non-hydrogen) atoms. The van der Waals surface area contributed by atoms with Crippen LogP contribution in [-0.4, -0.2) is 13.2 Å². The van der Waals surface area contributed by atoms with Crippen molar-refractivity contribution in [2.24, 2.45) is 11.7 Å². The summed E-state index contributed by atoms with van der Waals surface area (Å²) < 4.78 is 5.66. The SMILES string of the molecule is Cc1cc(C)cc(C(N)COCCC2CC2)c1. The standard InChI is InChI=1S/C15H23NO/c1-11-7-12(2)9-14(8-11)15(16)10-17-6-5-13-3-4-13/h7-9,13,15H,3-6,10,16H2,1-2H3. The van der Waals surface area contributed by atoms with E-state index in [-0.39, 0.29) is 6.04 Å². The van der Waals surface area contributed by atoms with Crippen LogP contribution in [0, 0.1) is 19.8 Å². The fraction of sp³-hybridized carbons (Fsp3) is 0.600. The molecule has 2 N–H and O–H groups in total. The molecule has 94 valence electrons. The Bertz CT molecular complexity index is 351. The third kappa shape index (κ3) is 4.14. The fourth-order valence-electron chi connectivity index (χ4n) is 2.19. The van der Waals surface area contributed by atoms with Gasteiger partial charge in [-0.05, 0) is 31.7 Å². The Morgan fingerprint density at radius 2 is 1.88 bits per heavy atom. The molecule has 1 aromatic rings. The van der Waals surface area contributed by atoms with E-state index in [0.717, 1.165) is 12.5 Å².